The predicted octanol–water partition coefficient (Wildman–Crippen LogP) is 3.66. The second-order valence-electron chi connectivity index (χ2n) is 4.62. The van der Waals surface area contributed by atoms with E-state index in [1.807, 2.05) is 6.07 Å². The number of hydrogen-bond donors (Lipinski definition) is 1. The first-order valence-corrected chi connectivity index (χ1v) is 6.63. The molecule has 0 amide bonds. The van der Waals surface area contributed by atoms with Crippen LogP contribution in [-0.4, -0.2) is 11.5 Å². The third kappa shape index (κ3) is 2.47. The number of aromatic nitrogens is 1. The first-order valence-electron chi connectivity index (χ1n) is 5.43. The number of nitrogens with one attached hydrogen (secondary N) is 1. The molecule has 1 aliphatic carbocycles. The van der Waals surface area contributed by atoms with Crippen LogP contribution in [-0.2, 0) is 0 Å². The van der Waals surface area contributed by atoms with Gasteiger partial charge in [-0.2, -0.15) is 5.26 Å². The molecular weight excluding hydrogens is 242 g/mol. The highest BCUT2D eigenvalue weighted by atomic mass is 35.5. The first kappa shape index (κ1) is 11.7. The van der Waals surface area contributed by atoms with Crippen LogP contribution in [0.2, 0.25) is 5.15 Å². The molecule has 1 fully saturated rings. The fraction of sp³-hybridized carbons (Fsp3) is 0.636. The molecule has 5 heteroatoms. The molecule has 1 heterocycles. The summed E-state index contributed by atoms with van der Waals surface area (Å²) in [5, 5.41) is 13.1. The van der Waals surface area contributed by atoms with Crippen molar-refractivity contribution in [2.24, 2.45) is 5.41 Å². The summed E-state index contributed by atoms with van der Waals surface area (Å²) in [7, 11) is 0. The molecule has 1 aromatic rings. The largest absolute Gasteiger partial charge is 0.361 e. The summed E-state index contributed by atoms with van der Waals surface area (Å²) < 4.78 is 0. The summed E-state index contributed by atoms with van der Waals surface area (Å²) in [6.45, 7) is 3.22. The Morgan fingerprint density at radius 1 is 1.56 bits per heavy atom. The Morgan fingerprint density at radius 2 is 2.25 bits per heavy atom. The lowest BCUT2D eigenvalue weighted by Gasteiger charge is -2.23. The van der Waals surface area contributed by atoms with Crippen molar-refractivity contribution in [1.29, 1.82) is 5.26 Å². The SMILES string of the molecule is CC1(CNc2nc(Cl)c(C#N)s2)CCCC1. The van der Waals surface area contributed by atoms with E-state index in [1.54, 1.807) is 0 Å². The molecular formula is C11H14ClN3S. The maximum atomic E-state index is 8.77. The number of thiazole rings is 1. The van der Waals surface area contributed by atoms with Crippen molar-refractivity contribution in [1.82, 2.24) is 4.98 Å². The fourth-order valence-corrected chi connectivity index (χ4v) is 3.08. The van der Waals surface area contributed by atoms with Gasteiger partial charge >= 0.3 is 0 Å². The zero-order valence-electron chi connectivity index (χ0n) is 9.22. The monoisotopic (exact) mass is 255 g/mol. The number of anilines is 1. The third-order valence-corrected chi connectivity index (χ3v) is 4.47. The molecule has 0 saturated heterocycles. The lowest BCUT2D eigenvalue weighted by molar-refractivity contribution is 0.362. The van der Waals surface area contributed by atoms with Crippen LogP contribution < -0.4 is 5.32 Å². The van der Waals surface area contributed by atoms with Gasteiger partial charge in [-0.1, -0.05) is 42.7 Å². The van der Waals surface area contributed by atoms with Crippen LogP contribution in [0.15, 0.2) is 0 Å². The van der Waals surface area contributed by atoms with Gasteiger partial charge in [0.1, 0.15) is 10.9 Å². The highest BCUT2D eigenvalue weighted by Crippen LogP contribution is 2.38. The van der Waals surface area contributed by atoms with Crippen LogP contribution >= 0.6 is 22.9 Å². The smallest absolute Gasteiger partial charge is 0.185 e. The van der Waals surface area contributed by atoms with Gasteiger partial charge in [0.05, 0.1) is 0 Å². The van der Waals surface area contributed by atoms with Gasteiger partial charge in [-0.3, -0.25) is 0 Å². The number of rotatable bonds is 3. The molecule has 1 N–H and O–H groups in total. The zero-order valence-corrected chi connectivity index (χ0v) is 10.8. The third-order valence-electron chi connectivity index (χ3n) is 3.16. The average molecular weight is 256 g/mol. The van der Waals surface area contributed by atoms with Crippen molar-refractivity contribution in [3.63, 3.8) is 0 Å². The molecule has 86 valence electrons. The molecule has 1 aromatic heterocycles. The van der Waals surface area contributed by atoms with Crippen molar-refractivity contribution < 1.29 is 0 Å². The maximum absolute atomic E-state index is 8.77. The molecule has 0 radical (unpaired) electrons. The van der Waals surface area contributed by atoms with E-state index < -0.39 is 0 Å². The van der Waals surface area contributed by atoms with E-state index in [0.29, 0.717) is 15.4 Å². The van der Waals surface area contributed by atoms with Gasteiger partial charge in [0, 0.05) is 6.54 Å². The lowest BCUT2D eigenvalue weighted by Crippen LogP contribution is -2.22. The van der Waals surface area contributed by atoms with E-state index in [4.69, 9.17) is 16.9 Å². The molecule has 16 heavy (non-hydrogen) atoms. The average Bonchev–Trinajstić information content (AvgIpc) is 2.83. The Bertz CT molecular complexity index is 415. The van der Waals surface area contributed by atoms with E-state index in [-0.39, 0.29) is 0 Å². The Kier molecular flexibility index (Phi) is 3.36. The quantitative estimate of drug-likeness (QED) is 0.897. The Hall–Kier alpha value is -0.790. The molecule has 0 aliphatic heterocycles. The molecule has 0 aromatic carbocycles. The van der Waals surface area contributed by atoms with Gasteiger partial charge < -0.3 is 5.32 Å². The van der Waals surface area contributed by atoms with Crippen LogP contribution in [0.25, 0.3) is 0 Å². The number of halogens is 1. The summed E-state index contributed by atoms with van der Waals surface area (Å²) in [5.74, 6) is 0. The van der Waals surface area contributed by atoms with Crippen LogP contribution in [0.4, 0.5) is 5.13 Å². The van der Waals surface area contributed by atoms with Crippen LogP contribution in [0.5, 0.6) is 0 Å². The molecule has 3 nitrogen and oxygen atoms in total. The molecule has 0 atom stereocenters. The van der Waals surface area contributed by atoms with Crippen molar-refractivity contribution in [3.8, 4) is 6.07 Å². The van der Waals surface area contributed by atoms with E-state index in [9.17, 15) is 0 Å². The van der Waals surface area contributed by atoms with Crippen molar-refractivity contribution in [3.05, 3.63) is 10.0 Å². The van der Waals surface area contributed by atoms with Crippen molar-refractivity contribution in [2.45, 2.75) is 32.6 Å². The first-order chi connectivity index (χ1) is 7.63. The molecule has 0 unspecified atom stereocenters. The molecule has 0 spiro atoms. The number of hydrogen-bond acceptors (Lipinski definition) is 4. The Balaban J connectivity index is 1.97. The van der Waals surface area contributed by atoms with Gasteiger partial charge in [0.25, 0.3) is 0 Å². The topological polar surface area (TPSA) is 48.7 Å². The molecule has 1 aliphatic rings. The zero-order chi connectivity index (χ0) is 11.6. The Morgan fingerprint density at radius 3 is 2.81 bits per heavy atom. The molecule has 2 rings (SSSR count). The second-order valence-corrected chi connectivity index (χ2v) is 5.98. The molecule has 0 bridgehead atoms. The van der Waals surface area contributed by atoms with Gasteiger partial charge in [-0.25, -0.2) is 4.98 Å². The van der Waals surface area contributed by atoms with Crippen LogP contribution in [0.3, 0.4) is 0 Å². The molecule has 1 saturated carbocycles. The highest BCUT2D eigenvalue weighted by Gasteiger charge is 2.28. The minimum absolute atomic E-state index is 0.312. The summed E-state index contributed by atoms with van der Waals surface area (Å²) in [4.78, 5) is 4.61. The van der Waals surface area contributed by atoms with Crippen LogP contribution in [0.1, 0.15) is 37.5 Å². The fourth-order valence-electron chi connectivity index (χ4n) is 2.14. The van der Waals surface area contributed by atoms with Gasteiger partial charge in [0.2, 0.25) is 0 Å². The summed E-state index contributed by atoms with van der Waals surface area (Å²) in [5.41, 5.74) is 0.380. The number of nitrogens with zero attached hydrogens (tertiary/aromatic N) is 2. The van der Waals surface area contributed by atoms with Crippen molar-refractivity contribution >= 4 is 28.1 Å². The minimum atomic E-state index is 0.312. The second kappa shape index (κ2) is 4.60. The van der Waals surface area contributed by atoms with Gasteiger partial charge in [-0.05, 0) is 18.3 Å². The predicted molar refractivity (Wildman–Crippen MR) is 66.9 cm³/mol. The van der Waals surface area contributed by atoms with Gasteiger partial charge in [0.15, 0.2) is 10.3 Å². The van der Waals surface area contributed by atoms with Crippen LogP contribution in [0, 0.1) is 16.7 Å². The maximum Gasteiger partial charge on any atom is 0.185 e. The van der Waals surface area contributed by atoms with Gasteiger partial charge in [-0.15, -0.1) is 0 Å². The summed E-state index contributed by atoms with van der Waals surface area (Å²) in [6.07, 6.45) is 5.18. The van der Waals surface area contributed by atoms with E-state index in [2.05, 4.69) is 17.2 Å². The Labute approximate surface area is 104 Å². The summed E-state index contributed by atoms with van der Waals surface area (Å²) >= 11 is 7.14. The minimum Gasteiger partial charge on any atom is -0.361 e. The van der Waals surface area contributed by atoms with E-state index >= 15 is 0 Å². The highest BCUT2D eigenvalue weighted by molar-refractivity contribution is 7.16. The summed E-state index contributed by atoms with van der Waals surface area (Å²) in [6, 6.07) is 2.04. The normalized spacial score (nSPS) is 18.3. The number of nitriles is 1. The van der Waals surface area contributed by atoms with E-state index in [1.165, 1.54) is 37.0 Å². The van der Waals surface area contributed by atoms with E-state index in [0.717, 1.165) is 11.7 Å². The van der Waals surface area contributed by atoms with Crippen molar-refractivity contribution in [2.75, 3.05) is 11.9 Å². The standard InChI is InChI=1S/C11H14ClN3S/c1-11(4-2-3-5-11)7-14-10-15-9(12)8(6-13)16-10/h2-5,7H2,1H3,(H,14,15). The lowest BCUT2D eigenvalue weighted by atomic mass is 9.89.